The van der Waals surface area contributed by atoms with E-state index in [1.54, 1.807) is 12.1 Å². The highest BCUT2D eigenvalue weighted by atomic mass is 79.9. The Balaban J connectivity index is 3.07. The molecule has 4 heteroatoms. The zero-order valence-corrected chi connectivity index (χ0v) is 9.28. The molecule has 0 radical (unpaired) electrons. The number of benzene rings is 1. The number of alkyl halides is 1. The monoisotopic (exact) mass is 258 g/mol. The molecule has 1 rings (SSSR count). The van der Waals surface area contributed by atoms with Gasteiger partial charge in [-0.2, -0.15) is 0 Å². The van der Waals surface area contributed by atoms with Gasteiger partial charge in [-0.05, 0) is 18.1 Å². The van der Waals surface area contributed by atoms with E-state index in [0.29, 0.717) is 12.0 Å². The minimum Gasteiger partial charge on any atom is -0.507 e. The maximum atomic E-state index is 10.7. The molecule has 0 aliphatic rings. The third kappa shape index (κ3) is 2.48. The molecule has 1 unspecified atom stereocenters. The van der Waals surface area contributed by atoms with E-state index in [1.165, 1.54) is 6.07 Å². The molecule has 0 saturated heterocycles. The van der Waals surface area contributed by atoms with Crippen LogP contribution in [0, 0.1) is 0 Å². The van der Waals surface area contributed by atoms with Crippen LogP contribution in [0.2, 0.25) is 0 Å². The fraction of sp³-hybridized carbons (Fsp3) is 0.300. The van der Waals surface area contributed by atoms with Crippen molar-refractivity contribution >= 4 is 21.9 Å². The Bertz CT molecular complexity index is 347. The number of carboxylic acids is 1. The van der Waals surface area contributed by atoms with Crippen LogP contribution in [0.3, 0.4) is 0 Å². The molecule has 0 amide bonds. The van der Waals surface area contributed by atoms with Gasteiger partial charge in [-0.25, -0.2) is 4.79 Å². The van der Waals surface area contributed by atoms with Crippen molar-refractivity contribution in [1.82, 2.24) is 0 Å². The molecule has 0 aromatic heterocycles. The van der Waals surface area contributed by atoms with E-state index in [2.05, 4.69) is 15.9 Å². The first-order chi connectivity index (χ1) is 6.52. The van der Waals surface area contributed by atoms with E-state index in [9.17, 15) is 9.90 Å². The van der Waals surface area contributed by atoms with Gasteiger partial charge in [0.2, 0.25) is 0 Å². The van der Waals surface area contributed by atoms with Crippen LogP contribution in [-0.2, 0) is 6.42 Å². The topological polar surface area (TPSA) is 57.5 Å². The van der Waals surface area contributed by atoms with Crippen LogP contribution in [-0.4, -0.2) is 21.0 Å². The lowest BCUT2D eigenvalue weighted by Gasteiger charge is -2.08. The first-order valence-corrected chi connectivity index (χ1v) is 5.12. The SMILES string of the molecule is CC(Br)Cc1cccc(C(=O)O)c1O. The first kappa shape index (κ1) is 11.0. The summed E-state index contributed by atoms with van der Waals surface area (Å²) in [6.07, 6.45) is 0.604. The largest absolute Gasteiger partial charge is 0.507 e. The van der Waals surface area contributed by atoms with Gasteiger partial charge in [0.05, 0.1) is 0 Å². The van der Waals surface area contributed by atoms with E-state index >= 15 is 0 Å². The normalized spacial score (nSPS) is 12.4. The molecule has 0 saturated carbocycles. The molecule has 1 aromatic carbocycles. The molecule has 0 aliphatic heterocycles. The van der Waals surface area contributed by atoms with Crippen molar-refractivity contribution in [3.63, 3.8) is 0 Å². The fourth-order valence-electron chi connectivity index (χ4n) is 1.23. The van der Waals surface area contributed by atoms with Crippen molar-refractivity contribution in [2.24, 2.45) is 0 Å². The van der Waals surface area contributed by atoms with Crippen LogP contribution in [0.25, 0.3) is 0 Å². The Hall–Kier alpha value is -1.03. The number of hydrogen-bond acceptors (Lipinski definition) is 2. The second-order valence-electron chi connectivity index (χ2n) is 3.10. The summed E-state index contributed by atoms with van der Waals surface area (Å²) in [6, 6.07) is 4.74. The summed E-state index contributed by atoms with van der Waals surface area (Å²) in [7, 11) is 0. The van der Waals surface area contributed by atoms with Crippen LogP contribution < -0.4 is 0 Å². The van der Waals surface area contributed by atoms with Gasteiger partial charge in [-0.15, -0.1) is 0 Å². The molecule has 1 atom stereocenters. The summed E-state index contributed by atoms with van der Waals surface area (Å²) in [5.41, 5.74) is 0.602. The lowest BCUT2D eigenvalue weighted by atomic mass is 10.1. The van der Waals surface area contributed by atoms with Crippen molar-refractivity contribution in [3.05, 3.63) is 29.3 Å². The number of carboxylic acid groups (broad SMARTS) is 1. The second-order valence-corrected chi connectivity index (χ2v) is 4.67. The molecule has 1 aromatic rings. The highest BCUT2D eigenvalue weighted by molar-refractivity contribution is 9.09. The average molecular weight is 259 g/mol. The van der Waals surface area contributed by atoms with Crippen molar-refractivity contribution in [3.8, 4) is 5.75 Å². The van der Waals surface area contributed by atoms with Crippen LogP contribution in [0.5, 0.6) is 5.75 Å². The van der Waals surface area contributed by atoms with E-state index in [1.807, 2.05) is 6.92 Å². The Morgan fingerprint density at radius 2 is 2.21 bits per heavy atom. The fourth-order valence-corrected chi connectivity index (χ4v) is 1.58. The molecule has 0 bridgehead atoms. The van der Waals surface area contributed by atoms with E-state index in [0.717, 1.165) is 0 Å². The third-order valence-corrected chi connectivity index (χ3v) is 2.17. The Kier molecular flexibility index (Phi) is 3.52. The number of aromatic hydroxyl groups is 1. The quantitative estimate of drug-likeness (QED) is 0.819. The van der Waals surface area contributed by atoms with Crippen molar-refractivity contribution < 1.29 is 15.0 Å². The van der Waals surface area contributed by atoms with Crippen molar-refractivity contribution in [2.75, 3.05) is 0 Å². The van der Waals surface area contributed by atoms with E-state index in [4.69, 9.17) is 5.11 Å². The molecule has 0 spiro atoms. The molecule has 76 valence electrons. The smallest absolute Gasteiger partial charge is 0.339 e. The summed E-state index contributed by atoms with van der Waals surface area (Å²) in [5, 5.41) is 18.4. The summed E-state index contributed by atoms with van der Waals surface area (Å²) >= 11 is 3.35. The van der Waals surface area contributed by atoms with Crippen molar-refractivity contribution in [1.29, 1.82) is 0 Å². The van der Waals surface area contributed by atoms with Crippen LogP contribution in [0.4, 0.5) is 0 Å². The second kappa shape index (κ2) is 4.46. The van der Waals surface area contributed by atoms with Gasteiger partial charge in [-0.1, -0.05) is 35.0 Å². The Morgan fingerprint density at radius 3 is 2.71 bits per heavy atom. The molecule has 0 fully saturated rings. The molecule has 14 heavy (non-hydrogen) atoms. The lowest BCUT2D eigenvalue weighted by molar-refractivity contribution is 0.0693. The number of aromatic carboxylic acids is 1. The van der Waals surface area contributed by atoms with Crippen molar-refractivity contribution in [2.45, 2.75) is 18.2 Å². The van der Waals surface area contributed by atoms with E-state index in [-0.39, 0.29) is 16.1 Å². The number of carbonyl (C=O) groups is 1. The number of phenols is 1. The number of halogens is 1. The minimum atomic E-state index is -1.11. The summed E-state index contributed by atoms with van der Waals surface area (Å²) in [5.74, 6) is -1.24. The van der Waals surface area contributed by atoms with Crippen LogP contribution in [0.1, 0.15) is 22.8 Å². The zero-order valence-electron chi connectivity index (χ0n) is 7.70. The Labute approximate surface area is 90.5 Å². The van der Waals surface area contributed by atoms with Gasteiger partial charge in [0, 0.05) is 4.83 Å². The van der Waals surface area contributed by atoms with Gasteiger partial charge in [-0.3, -0.25) is 0 Å². The molecule has 0 aliphatic carbocycles. The van der Waals surface area contributed by atoms with E-state index < -0.39 is 5.97 Å². The maximum absolute atomic E-state index is 10.7. The standard InChI is InChI=1S/C10H11BrO3/c1-6(11)5-7-3-2-4-8(9(7)12)10(13)14/h2-4,6,12H,5H2,1H3,(H,13,14). The zero-order chi connectivity index (χ0) is 10.7. The van der Waals surface area contributed by atoms with Crippen LogP contribution >= 0.6 is 15.9 Å². The van der Waals surface area contributed by atoms with Gasteiger partial charge >= 0.3 is 5.97 Å². The van der Waals surface area contributed by atoms with Gasteiger partial charge in [0.1, 0.15) is 11.3 Å². The van der Waals surface area contributed by atoms with Gasteiger partial charge in [0.15, 0.2) is 0 Å². The average Bonchev–Trinajstić information content (AvgIpc) is 2.07. The summed E-state index contributed by atoms with van der Waals surface area (Å²) in [6.45, 7) is 1.94. The molecular formula is C10H11BrO3. The maximum Gasteiger partial charge on any atom is 0.339 e. The van der Waals surface area contributed by atoms with Crippen LogP contribution in [0.15, 0.2) is 18.2 Å². The van der Waals surface area contributed by atoms with Gasteiger partial charge < -0.3 is 10.2 Å². The molecular weight excluding hydrogens is 248 g/mol. The number of para-hydroxylation sites is 1. The first-order valence-electron chi connectivity index (χ1n) is 4.20. The molecule has 0 heterocycles. The lowest BCUT2D eigenvalue weighted by Crippen LogP contribution is -2.02. The molecule has 2 N–H and O–H groups in total. The summed E-state index contributed by atoms with van der Waals surface area (Å²) < 4.78 is 0. The third-order valence-electron chi connectivity index (χ3n) is 1.85. The number of hydrogen-bond donors (Lipinski definition) is 2. The minimum absolute atomic E-state index is 0.0457. The predicted molar refractivity (Wildman–Crippen MR) is 57.2 cm³/mol. The molecule has 3 nitrogen and oxygen atoms in total. The predicted octanol–water partition coefficient (Wildman–Crippen LogP) is 2.42. The summed E-state index contributed by atoms with van der Waals surface area (Å²) in [4.78, 5) is 10.9. The highest BCUT2D eigenvalue weighted by Gasteiger charge is 2.13. The Morgan fingerprint density at radius 1 is 1.57 bits per heavy atom. The highest BCUT2D eigenvalue weighted by Crippen LogP contribution is 2.24. The number of rotatable bonds is 3. The van der Waals surface area contributed by atoms with Gasteiger partial charge in [0.25, 0.3) is 0 Å².